The topological polar surface area (TPSA) is 68.0 Å². The second-order valence-electron chi connectivity index (χ2n) is 5.93. The highest BCUT2D eigenvalue weighted by molar-refractivity contribution is 5.70. The predicted octanol–water partition coefficient (Wildman–Crippen LogP) is 2.55. The van der Waals surface area contributed by atoms with E-state index < -0.39 is 0 Å². The van der Waals surface area contributed by atoms with Crippen LogP contribution >= 0.6 is 0 Å². The van der Waals surface area contributed by atoms with Gasteiger partial charge in [0.1, 0.15) is 0 Å². The lowest BCUT2D eigenvalue weighted by molar-refractivity contribution is 0.669. The van der Waals surface area contributed by atoms with Crippen molar-refractivity contribution in [2.24, 2.45) is 0 Å². The molecule has 4 rings (SSSR count). The minimum absolute atomic E-state index is 0.121. The molecule has 0 fully saturated rings. The smallest absolute Gasteiger partial charge is 0.272 e. The molecule has 0 aliphatic rings. The molecule has 1 N–H and O–H groups in total. The van der Waals surface area contributed by atoms with Gasteiger partial charge in [-0.1, -0.05) is 23.8 Å². The van der Waals surface area contributed by atoms with E-state index in [1.165, 1.54) is 10.1 Å². The van der Waals surface area contributed by atoms with Gasteiger partial charge in [-0.3, -0.25) is 14.6 Å². The van der Waals surface area contributed by atoms with Crippen LogP contribution in [0.25, 0.3) is 16.9 Å². The molecule has 0 unspecified atom stereocenters. The fraction of sp³-hybridized carbons (Fsp3) is 0.167. The standard InChI is InChI=1S/C18H17N5O/c1-12-5-3-6-14(9-12)17-13(2)18-20-15(10-16(24)23(18)21-17)11-22-8-4-7-19-22/h3-10,21H,11H2,1-2H3. The average Bonchev–Trinajstić information content (AvgIpc) is 3.17. The van der Waals surface area contributed by atoms with Crippen molar-refractivity contribution in [3.63, 3.8) is 0 Å². The summed E-state index contributed by atoms with van der Waals surface area (Å²) in [5.74, 6) is 0. The first-order valence-corrected chi connectivity index (χ1v) is 7.77. The third-order valence-electron chi connectivity index (χ3n) is 4.10. The number of nitrogens with zero attached hydrogens (tertiary/aromatic N) is 4. The molecule has 0 amide bonds. The summed E-state index contributed by atoms with van der Waals surface area (Å²) >= 11 is 0. The van der Waals surface area contributed by atoms with Crippen molar-refractivity contribution >= 4 is 5.65 Å². The van der Waals surface area contributed by atoms with Gasteiger partial charge >= 0.3 is 0 Å². The van der Waals surface area contributed by atoms with E-state index in [9.17, 15) is 4.79 Å². The summed E-state index contributed by atoms with van der Waals surface area (Å²) in [5.41, 5.74) is 5.32. The zero-order chi connectivity index (χ0) is 16.7. The summed E-state index contributed by atoms with van der Waals surface area (Å²) in [4.78, 5) is 17.1. The summed E-state index contributed by atoms with van der Waals surface area (Å²) < 4.78 is 3.25. The Balaban J connectivity index is 1.86. The van der Waals surface area contributed by atoms with Gasteiger partial charge in [0.2, 0.25) is 0 Å². The van der Waals surface area contributed by atoms with E-state index in [-0.39, 0.29) is 5.56 Å². The van der Waals surface area contributed by atoms with E-state index in [4.69, 9.17) is 0 Å². The zero-order valence-corrected chi connectivity index (χ0v) is 13.5. The third-order valence-corrected chi connectivity index (χ3v) is 4.10. The molecule has 120 valence electrons. The molecule has 1 aromatic carbocycles. The van der Waals surface area contributed by atoms with Gasteiger partial charge in [0, 0.05) is 29.6 Å². The number of benzene rings is 1. The van der Waals surface area contributed by atoms with Crippen LogP contribution in [-0.2, 0) is 6.54 Å². The predicted molar refractivity (Wildman–Crippen MR) is 92.1 cm³/mol. The van der Waals surface area contributed by atoms with Crippen LogP contribution in [0.2, 0.25) is 0 Å². The maximum atomic E-state index is 12.5. The highest BCUT2D eigenvalue weighted by Crippen LogP contribution is 2.24. The maximum absolute atomic E-state index is 12.5. The van der Waals surface area contributed by atoms with Crippen LogP contribution in [0.3, 0.4) is 0 Å². The lowest BCUT2D eigenvalue weighted by atomic mass is 10.1. The molecule has 6 nitrogen and oxygen atoms in total. The molecule has 0 radical (unpaired) electrons. The highest BCUT2D eigenvalue weighted by Gasteiger charge is 2.13. The molecule has 24 heavy (non-hydrogen) atoms. The van der Waals surface area contributed by atoms with Crippen LogP contribution in [0.15, 0.2) is 53.6 Å². The molecule has 0 saturated carbocycles. The minimum Gasteiger partial charge on any atom is -0.289 e. The number of hydrogen-bond acceptors (Lipinski definition) is 3. The molecule has 0 spiro atoms. The molecular weight excluding hydrogens is 302 g/mol. The quantitative estimate of drug-likeness (QED) is 0.631. The van der Waals surface area contributed by atoms with Crippen molar-refractivity contribution in [1.82, 2.24) is 24.4 Å². The van der Waals surface area contributed by atoms with Gasteiger partial charge in [-0.25, -0.2) is 9.50 Å². The van der Waals surface area contributed by atoms with Crippen LogP contribution < -0.4 is 5.56 Å². The molecular formula is C18H17N5O. The fourth-order valence-corrected chi connectivity index (χ4v) is 2.92. The molecule has 0 aliphatic heterocycles. The lowest BCUT2D eigenvalue weighted by Crippen LogP contribution is -2.17. The van der Waals surface area contributed by atoms with Gasteiger partial charge in [0.25, 0.3) is 5.56 Å². The molecule has 0 atom stereocenters. The number of rotatable bonds is 3. The van der Waals surface area contributed by atoms with Gasteiger partial charge in [-0.15, -0.1) is 0 Å². The Kier molecular flexibility index (Phi) is 3.30. The summed E-state index contributed by atoms with van der Waals surface area (Å²) in [5, 5.41) is 7.35. The van der Waals surface area contributed by atoms with Crippen LogP contribution in [0.1, 0.15) is 16.8 Å². The number of aromatic amines is 1. The van der Waals surface area contributed by atoms with E-state index in [1.54, 1.807) is 16.9 Å². The van der Waals surface area contributed by atoms with E-state index in [0.29, 0.717) is 17.9 Å². The van der Waals surface area contributed by atoms with E-state index in [0.717, 1.165) is 16.8 Å². The number of aryl methyl sites for hydroxylation is 2. The summed E-state index contributed by atoms with van der Waals surface area (Å²) in [6.45, 7) is 4.50. The molecule has 0 bridgehead atoms. The summed E-state index contributed by atoms with van der Waals surface area (Å²) in [7, 11) is 0. The van der Waals surface area contributed by atoms with Crippen LogP contribution in [0, 0.1) is 13.8 Å². The molecule has 3 aromatic heterocycles. The molecule has 4 aromatic rings. The van der Waals surface area contributed by atoms with Crippen molar-refractivity contribution < 1.29 is 0 Å². The Morgan fingerprint density at radius 3 is 2.79 bits per heavy atom. The van der Waals surface area contributed by atoms with Crippen molar-refractivity contribution in [2.75, 3.05) is 0 Å². The summed E-state index contributed by atoms with van der Waals surface area (Å²) in [6, 6.07) is 11.6. The van der Waals surface area contributed by atoms with Gasteiger partial charge in [0.15, 0.2) is 5.65 Å². The Labute approximate surface area is 138 Å². The zero-order valence-electron chi connectivity index (χ0n) is 13.5. The number of aromatic nitrogens is 5. The average molecular weight is 319 g/mol. The second kappa shape index (κ2) is 5.49. The Hall–Kier alpha value is -3.15. The fourth-order valence-electron chi connectivity index (χ4n) is 2.92. The van der Waals surface area contributed by atoms with Crippen molar-refractivity contribution in [3.8, 4) is 11.3 Å². The van der Waals surface area contributed by atoms with Gasteiger partial charge in [-0.05, 0) is 26.0 Å². The van der Waals surface area contributed by atoms with Gasteiger partial charge in [0.05, 0.1) is 17.9 Å². The maximum Gasteiger partial charge on any atom is 0.272 e. The van der Waals surface area contributed by atoms with Crippen molar-refractivity contribution in [3.05, 3.63) is 76.0 Å². The highest BCUT2D eigenvalue weighted by atomic mass is 16.1. The number of nitrogens with one attached hydrogen (secondary N) is 1. The first-order chi connectivity index (χ1) is 11.6. The summed E-state index contributed by atoms with van der Waals surface area (Å²) in [6.07, 6.45) is 3.56. The Bertz CT molecular complexity index is 1070. The lowest BCUT2D eigenvalue weighted by Gasteiger charge is -2.01. The number of fused-ring (bicyclic) bond motifs is 1. The van der Waals surface area contributed by atoms with Crippen molar-refractivity contribution in [2.45, 2.75) is 20.4 Å². The minimum atomic E-state index is -0.121. The van der Waals surface area contributed by atoms with E-state index >= 15 is 0 Å². The Morgan fingerprint density at radius 1 is 1.17 bits per heavy atom. The molecule has 3 heterocycles. The van der Waals surface area contributed by atoms with Crippen LogP contribution in [0.4, 0.5) is 0 Å². The molecule has 0 saturated heterocycles. The SMILES string of the molecule is Cc1cccc(-c2[nH]n3c(=O)cc(Cn4cccn4)nc3c2C)c1. The first kappa shape index (κ1) is 14.4. The number of hydrogen-bond donors (Lipinski definition) is 1. The van der Waals surface area contributed by atoms with Crippen molar-refractivity contribution in [1.29, 1.82) is 0 Å². The second-order valence-corrected chi connectivity index (χ2v) is 5.93. The van der Waals surface area contributed by atoms with Crippen LogP contribution in [-0.4, -0.2) is 24.4 Å². The van der Waals surface area contributed by atoms with Crippen LogP contribution in [0.5, 0.6) is 0 Å². The first-order valence-electron chi connectivity index (χ1n) is 7.77. The largest absolute Gasteiger partial charge is 0.289 e. The van der Waals surface area contributed by atoms with Gasteiger partial charge in [-0.2, -0.15) is 5.10 Å². The normalized spacial score (nSPS) is 11.2. The van der Waals surface area contributed by atoms with Gasteiger partial charge < -0.3 is 0 Å². The molecule has 0 aliphatic carbocycles. The number of H-pyrrole nitrogens is 1. The van der Waals surface area contributed by atoms with E-state index in [2.05, 4.69) is 21.2 Å². The monoisotopic (exact) mass is 319 g/mol. The van der Waals surface area contributed by atoms with E-state index in [1.807, 2.05) is 44.3 Å². The Morgan fingerprint density at radius 2 is 2.04 bits per heavy atom. The molecule has 6 heteroatoms. The third kappa shape index (κ3) is 2.42.